The molecule has 0 fully saturated rings. The Morgan fingerprint density at radius 3 is 2.29 bits per heavy atom. The van der Waals surface area contributed by atoms with Gasteiger partial charge in [-0.15, -0.1) is 0 Å². The van der Waals surface area contributed by atoms with Crippen LogP contribution in [0, 0.1) is 0 Å². The lowest BCUT2D eigenvalue weighted by atomic mass is 10.1. The van der Waals surface area contributed by atoms with Crippen LogP contribution >= 0.6 is 0 Å². The van der Waals surface area contributed by atoms with E-state index in [1.807, 2.05) is 13.8 Å². The van der Waals surface area contributed by atoms with E-state index in [4.69, 9.17) is 0 Å². The molecule has 1 aromatic carbocycles. The molecule has 0 radical (unpaired) electrons. The van der Waals surface area contributed by atoms with E-state index in [-0.39, 0.29) is 18.3 Å². The molecule has 0 saturated heterocycles. The SMILES string of the molecule is CC.CC(=O)OCc1ccc(NC(C)C)c(C(F)(F)F)c1. The lowest BCUT2D eigenvalue weighted by Gasteiger charge is -2.18. The summed E-state index contributed by atoms with van der Waals surface area (Å²) in [6.07, 6.45) is -4.45. The van der Waals surface area contributed by atoms with Crippen molar-refractivity contribution in [2.45, 2.75) is 53.4 Å². The molecule has 1 aromatic rings. The number of hydrogen-bond donors (Lipinski definition) is 1. The van der Waals surface area contributed by atoms with E-state index < -0.39 is 17.7 Å². The van der Waals surface area contributed by atoms with Gasteiger partial charge >= 0.3 is 12.1 Å². The van der Waals surface area contributed by atoms with Crippen molar-refractivity contribution >= 4 is 11.7 Å². The van der Waals surface area contributed by atoms with Crippen molar-refractivity contribution in [2.75, 3.05) is 5.32 Å². The Balaban J connectivity index is 0.00000191. The second-order valence-electron chi connectivity index (χ2n) is 4.46. The fourth-order valence-corrected chi connectivity index (χ4v) is 1.54. The number of benzene rings is 1. The first-order valence-corrected chi connectivity index (χ1v) is 6.80. The Labute approximate surface area is 123 Å². The van der Waals surface area contributed by atoms with Gasteiger partial charge in [0.15, 0.2) is 0 Å². The lowest BCUT2D eigenvalue weighted by Crippen LogP contribution is -2.16. The molecule has 21 heavy (non-hydrogen) atoms. The zero-order valence-corrected chi connectivity index (χ0v) is 13.0. The summed E-state index contributed by atoms with van der Waals surface area (Å²) in [5, 5.41) is 2.74. The largest absolute Gasteiger partial charge is 0.461 e. The van der Waals surface area contributed by atoms with Gasteiger partial charge in [-0.25, -0.2) is 0 Å². The molecule has 1 N–H and O–H groups in total. The third-order valence-electron chi connectivity index (χ3n) is 2.28. The predicted molar refractivity (Wildman–Crippen MR) is 77.0 cm³/mol. The van der Waals surface area contributed by atoms with E-state index in [0.29, 0.717) is 5.56 Å². The van der Waals surface area contributed by atoms with Crippen LogP contribution in [0.4, 0.5) is 18.9 Å². The fraction of sp³-hybridized carbons (Fsp3) is 0.533. The molecule has 0 aliphatic carbocycles. The number of nitrogens with one attached hydrogen (secondary N) is 1. The number of esters is 1. The highest BCUT2D eigenvalue weighted by Gasteiger charge is 2.34. The molecule has 0 heterocycles. The van der Waals surface area contributed by atoms with Gasteiger partial charge in [-0.1, -0.05) is 19.9 Å². The van der Waals surface area contributed by atoms with E-state index in [1.165, 1.54) is 19.1 Å². The minimum Gasteiger partial charge on any atom is -0.461 e. The van der Waals surface area contributed by atoms with Crippen molar-refractivity contribution in [1.29, 1.82) is 0 Å². The minimum atomic E-state index is -4.45. The summed E-state index contributed by atoms with van der Waals surface area (Å²) in [4.78, 5) is 10.7. The first-order valence-electron chi connectivity index (χ1n) is 6.80. The molecule has 0 amide bonds. The van der Waals surface area contributed by atoms with Crippen LogP contribution in [0.5, 0.6) is 0 Å². The van der Waals surface area contributed by atoms with Crippen LogP contribution in [-0.4, -0.2) is 12.0 Å². The van der Waals surface area contributed by atoms with Gasteiger partial charge < -0.3 is 10.1 Å². The Bertz CT molecular complexity index is 457. The predicted octanol–water partition coefficient (Wildman–Crippen LogP) is 4.62. The Morgan fingerprint density at radius 1 is 1.29 bits per heavy atom. The molecule has 1 rings (SSSR count). The van der Waals surface area contributed by atoms with Crippen molar-refractivity contribution in [1.82, 2.24) is 0 Å². The number of halogens is 3. The van der Waals surface area contributed by atoms with Gasteiger partial charge in [0.05, 0.1) is 5.56 Å². The number of rotatable bonds is 4. The number of ether oxygens (including phenoxy) is 1. The van der Waals surface area contributed by atoms with Gasteiger partial charge in [-0.05, 0) is 31.5 Å². The average Bonchev–Trinajstić information content (AvgIpc) is 2.38. The number of alkyl halides is 3. The molecule has 0 bridgehead atoms. The second kappa shape index (κ2) is 8.54. The standard InChI is InChI=1S/C13H16F3NO2.C2H6/c1-8(2)17-12-5-4-10(7-19-9(3)18)6-11(12)13(14,15)16;1-2/h4-6,8,17H,7H2,1-3H3;1-2H3. The van der Waals surface area contributed by atoms with Gasteiger partial charge in [-0.2, -0.15) is 13.2 Å². The first-order chi connectivity index (χ1) is 9.70. The highest BCUT2D eigenvalue weighted by molar-refractivity contribution is 5.66. The lowest BCUT2D eigenvalue weighted by molar-refractivity contribution is -0.142. The van der Waals surface area contributed by atoms with Gasteiger partial charge in [0, 0.05) is 18.7 Å². The van der Waals surface area contributed by atoms with E-state index in [0.717, 1.165) is 6.07 Å². The zero-order chi connectivity index (χ0) is 16.6. The number of anilines is 1. The maximum Gasteiger partial charge on any atom is 0.418 e. The van der Waals surface area contributed by atoms with E-state index in [1.54, 1.807) is 13.8 Å². The molecule has 0 spiro atoms. The van der Waals surface area contributed by atoms with Crippen LogP contribution in [-0.2, 0) is 22.3 Å². The number of carbonyl (C=O) groups is 1. The normalized spacial score (nSPS) is 10.7. The topological polar surface area (TPSA) is 38.3 Å². The van der Waals surface area contributed by atoms with Crippen LogP contribution in [0.15, 0.2) is 18.2 Å². The Morgan fingerprint density at radius 2 is 1.86 bits per heavy atom. The first kappa shape index (κ1) is 19.3. The summed E-state index contributed by atoms with van der Waals surface area (Å²) < 4.78 is 43.5. The van der Waals surface area contributed by atoms with Gasteiger partial charge in [-0.3, -0.25) is 4.79 Å². The molecule has 0 aliphatic heterocycles. The van der Waals surface area contributed by atoms with Crippen molar-refractivity contribution < 1.29 is 22.7 Å². The quantitative estimate of drug-likeness (QED) is 0.825. The van der Waals surface area contributed by atoms with Crippen molar-refractivity contribution in [3.8, 4) is 0 Å². The summed E-state index contributed by atoms with van der Waals surface area (Å²) in [7, 11) is 0. The molecule has 0 saturated carbocycles. The van der Waals surface area contributed by atoms with Crippen molar-refractivity contribution in [3.63, 3.8) is 0 Å². The summed E-state index contributed by atoms with van der Waals surface area (Å²) >= 11 is 0. The van der Waals surface area contributed by atoms with Crippen LogP contribution in [0.2, 0.25) is 0 Å². The highest BCUT2D eigenvalue weighted by atomic mass is 19.4. The molecule has 0 unspecified atom stereocenters. The van der Waals surface area contributed by atoms with Crippen LogP contribution in [0.1, 0.15) is 45.7 Å². The van der Waals surface area contributed by atoms with Gasteiger partial charge in [0.25, 0.3) is 0 Å². The maximum absolute atomic E-state index is 12.9. The molecule has 3 nitrogen and oxygen atoms in total. The maximum atomic E-state index is 12.9. The second-order valence-corrected chi connectivity index (χ2v) is 4.46. The Kier molecular flexibility index (Phi) is 7.84. The monoisotopic (exact) mass is 305 g/mol. The molecular formula is C15H22F3NO2. The third-order valence-corrected chi connectivity index (χ3v) is 2.28. The summed E-state index contributed by atoms with van der Waals surface area (Å²) in [5.74, 6) is -0.530. The van der Waals surface area contributed by atoms with Gasteiger partial charge in [0.1, 0.15) is 6.61 Å². The smallest absolute Gasteiger partial charge is 0.418 e. The third kappa shape index (κ3) is 7.02. The number of hydrogen-bond acceptors (Lipinski definition) is 3. The summed E-state index contributed by atoms with van der Waals surface area (Å²) in [6.45, 7) is 8.56. The zero-order valence-electron chi connectivity index (χ0n) is 13.0. The molecule has 6 heteroatoms. The van der Waals surface area contributed by atoms with E-state index in [2.05, 4.69) is 10.1 Å². The molecule has 0 aromatic heterocycles. The van der Waals surface area contributed by atoms with Crippen LogP contribution < -0.4 is 5.32 Å². The van der Waals surface area contributed by atoms with Crippen LogP contribution in [0.3, 0.4) is 0 Å². The molecule has 120 valence electrons. The minimum absolute atomic E-state index is 0.0223. The molecule has 0 atom stereocenters. The van der Waals surface area contributed by atoms with Crippen molar-refractivity contribution in [3.05, 3.63) is 29.3 Å². The summed E-state index contributed by atoms with van der Waals surface area (Å²) in [6, 6.07) is 3.73. The fourth-order valence-electron chi connectivity index (χ4n) is 1.54. The Hall–Kier alpha value is -1.72. The number of carbonyl (C=O) groups excluding carboxylic acids is 1. The molecular weight excluding hydrogens is 283 g/mol. The van der Waals surface area contributed by atoms with E-state index >= 15 is 0 Å². The van der Waals surface area contributed by atoms with E-state index in [9.17, 15) is 18.0 Å². The van der Waals surface area contributed by atoms with Gasteiger partial charge in [0.2, 0.25) is 0 Å². The molecule has 0 aliphatic rings. The average molecular weight is 305 g/mol. The van der Waals surface area contributed by atoms with Crippen LogP contribution in [0.25, 0.3) is 0 Å². The highest BCUT2D eigenvalue weighted by Crippen LogP contribution is 2.35. The summed E-state index contributed by atoms with van der Waals surface area (Å²) in [5.41, 5.74) is -0.434. The van der Waals surface area contributed by atoms with Crippen molar-refractivity contribution in [2.24, 2.45) is 0 Å².